The van der Waals surface area contributed by atoms with E-state index in [1.807, 2.05) is 87.1 Å². The fourth-order valence-electron chi connectivity index (χ4n) is 18.7. The van der Waals surface area contributed by atoms with Gasteiger partial charge in [-0.25, -0.2) is 9.97 Å². The Morgan fingerprint density at radius 3 is 1.18 bits per heavy atom. The summed E-state index contributed by atoms with van der Waals surface area (Å²) in [4.78, 5) is 8.35. The molecule has 8 aromatic heterocycles. The maximum Gasteiger partial charge on any atom is 0.180 e. The van der Waals surface area contributed by atoms with Crippen LogP contribution in [0.5, 0.6) is 0 Å². The van der Waals surface area contributed by atoms with Crippen molar-refractivity contribution in [2.45, 2.75) is 83.1 Å². The van der Waals surface area contributed by atoms with E-state index < -0.39 is 8.07 Å². The largest absolute Gasteiger partial charge is 0.456 e. The maximum absolute atomic E-state index is 6.01. The first-order valence-electron chi connectivity index (χ1n) is 44.4. The summed E-state index contributed by atoms with van der Waals surface area (Å²) < 4.78 is 30.3. The minimum atomic E-state index is -2.29. The van der Waals surface area contributed by atoms with E-state index in [2.05, 4.69) is 396 Å². The number of hydrogen-bond acceptors (Lipinski definition) is 8. The normalized spacial score (nSPS) is 11.8. The smallest absolute Gasteiger partial charge is 0.180 e. The SMILES string of the molecule is Cc1ccc2c(c1)c1c3ccccc3n(-c3ccccc3)c1n2C.Cc1ccc2oc3c(C)cccc3c2c1.Cc1ccc2oc3ccc(-c4ccc5oc6ccc(C)cc6c5c4)cc3c2c1.Cc1ccc2oc3ccc(C)cc3c2c1.Cc1cccc([Si]2(c3cccc(C)c3)c3ccccc3-c3ccccc32)c1.Cc1nccn1C.Cc1nnc(C)c(-c2ccccc2)n1. The standard InChI is InChI=1S/C26H18O2.C26H22Si.C22H18N2.2C14H12O.C11H11N3.C5H8N2/c1-15-3-7-23-19(11-15)21-13-17(5-9-25(21)27-23)18-6-10-26-22(14-18)20-12-16(2)4-8-24(20)28-26;1-19-9-7-11-21(17-19)27(22-12-8-10-20(2)18-22)25-15-5-3-13-23(25)24-14-4-6-16-26(24)27;1-15-12-13-19-18(14-15)21-17-10-6-7-11-20(17)24(22(21)23(19)2)16-8-4-3-5-9-16;1-9-3-5-13-11(7-9)12-8-10(2)4-6-14(12)15-13;1-9-6-7-13-12(8-9)11-5-3-4-10(2)14(11)15-13;1-8-11(12-9(2)14-13-8)10-6-4-3-5-7-10;1-5-6-3-4-7(5)2/h3-14H,1-2H3;3-18H,1-2H3;3-14H,1-2H3;2*3-8H,1-2H3;3-7H,1-2H3;3-4H,1-2H3. The predicted octanol–water partition coefficient (Wildman–Crippen LogP) is 28.3. The molecule has 0 saturated heterocycles. The molecular formula is C118H101N7O4Si. The van der Waals surface area contributed by atoms with Gasteiger partial charge in [-0.3, -0.25) is 4.57 Å². The van der Waals surface area contributed by atoms with E-state index in [9.17, 15) is 0 Å². The monoisotopic (exact) mass is 1710 g/mol. The van der Waals surface area contributed by atoms with Gasteiger partial charge in [-0.1, -0.05) is 275 Å². The number of para-hydroxylation sites is 3. The van der Waals surface area contributed by atoms with Gasteiger partial charge in [0, 0.05) is 97.0 Å². The highest BCUT2D eigenvalue weighted by Gasteiger charge is 2.48. The van der Waals surface area contributed by atoms with Gasteiger partial charge >= 0.3 is 0 Å². The molecule has 25 rings (SSSR count). The van der Waals surface area contributed by atoms with Crippen LogP contribution in [0.3, 0.4) is 0 Å². The van der Waals surface area contributed by atoms with Crippen molar-refractivity contribution in [2.24, 2.45) is 14.1 Å². The highest BCUT2D eigenvalue weighted by Crippen LogP contribution is 2.42. The molecule has 0 radical (unpaired) electrons. The molecule has 12 heteroatoms. The summed E-state index contributed by atoms with van der Waals surface area (Å²) in [5, 5.41) is 27.4. The minimum Gasteiger partial charge on any atom is -0.456 e. The van der Waals surface area contributed by atoms with Gasteiger partial charge in [0.1, 0.15) is 62.0 Å². The average Bonchev–Trinajstić information content (AvgIpc) is 1.54. The van der Waals surface area contributed by atoms with E-state index in [1.165, 1.54) is 164 Å². The highest BCUT2D eigenvalue weighted by atomic mass is 28.3. The van der Waals surface area contributed by atoms with Gasteiger partial charge in [0.2, 0.25) is 0 Å². The third-order valence-electron chi connectivity index (χ3n) is 25.1. The van der Waals surface area contributed by atoms with E-state index in [0.29, 0.717) is 5.82 Å². The lowest BCUT2D eigenvalue weighted by molar-refractivity contribution is 0.665. The molecule has 0 N–H and O–H groups in total. The van der Waals surface area contributed by atoms with Crippen molar-refractivity contribution in [3.8, 4) is 39.2 Å². The lowest BCUT2D eigenvalue weighted by Gasteiger charge is -2.31. The Bertz CT molecular complexity index is 8080. The zero-order chi connectivity index (χ0) is 89.6. The Balaban J connectivity index is 0.000000101. The van der Waals surface area contributed by atoms with Crippen molar-refractivity contribution in [3.63, 3.8) is 0 Å². The van der Waals surface area contributed by atoms with Gasteiger partial charge in [0.05, 0.1) is 22.4 Å². The Morgan fingerprint density at radius 1 is 0.300 bits per heavy atom. The van der Waals surface area contributed by atoms with Crippen molar-refractivity contribution in [2.75, 3.05) is 0 Å². The van der Waals surface area contributed by atoms with Crippen molar-refractivity contribution >= 4 is 149 Å². The van der Waals surface area contributed by atoms with E-state index >= 15 is 0 Å². The molecule has 0 unspecified atom stereocenters. The van der Waals surface area contributed by atoms with Gasteiger partial charge in [0.25, 0.3) is 0 Å². The van der Waals surface area contributed by atoms with Crippen LogP contribution < -0.4 is 20.7 Å². The van der Waals surface area contributed by atoms with Gasteiger partial charge in [-0.05, 0) is 247 Å². The lowest BCUT2D eigenvalue weighted by Crippen LogP contribution is -2.72. The Labute approximate surface area is 757 Å². The second-order valence-electron chi connectivity index (χ2n) is 34.6. The van der Waals surface area contributed by atoms with Crippen LogP contribution in [0.2, 0.25) is 0 Å². The first-order chi connectivity index (χ1) is 63.2. The summed E-state index contributed by atoms with van der Waals surface area (Å²) in [6.07, 6.45) is 3.71. The number of rotatable bonds is 5. The first-order valence-corrected chi connectivity index (χ1v) is 46.4. The van der Waals surface area contributed by atoms with Gasteiger partial charge in [-0.2, -0.15) is 5.10 Å². The highest BCUT2D eigenvalue weighted by molar-refractivity contribution is 7.22. The van der Waals surface area contributed by atoms with Gasteiger partial charge in [-0.15, -0.1) is 5.10 Å². The van der Waals surface area contributed by atoms with Gasteiger partial charge < -0.3 is 26.8 Å². The van der Waals surface area contributed by atoms with Crippen LogP contribution >= 0.6 is 0 Å². The van der Waals surface area contributed by atoms with Gasteiger partial charge in [0.15, 0.2) is 8.07 Å². The summed E-state index contributed by atoms with van der Waals surface area (Å²) >= 11 is 0. The molecule has 16 aromatic carbocycles. The van der Waals surface area contributed by atoms with Crippen molar-refractivity contribution in [1.82, 2.24) is 33.9 Å². The fraction of sp³-hybridized carbons (Fsp3) is 0.119. The number of imidazole rings is 1. The first kappa shape index (κ1) is 84.0. The molecule has 0 fully saturated rings. The molecule has 24 aromatic rings. The molecule has 636 valence electrons. The zero-order valence-electron chi connectivity index (χ0n) is 75.8. The summed E-state index contributed by atoms with van der Waals surface area (Å²) in [6.45, 7) is 24.9. The van der Waals surface area contributed by atoms with Crippen LogP contribution in [0.25, 0.3) is 160 Å². The molecule has 0 atom stereocenters. The predicted molar refractivity (Wildman–Crippen MR) is 545 cm³/mol. The number of fused-ring (bicyclic) bond motifs is 20. The summed E-state index contributed by atoms with van der Waals surface area (Å²) in [7, 11) is 1.85. The van der Waals surface area contributed by atoms with Crippen LogP contribution in [0.1, 0.15) is 67.4 Å². The number of aryl methyl sites for hydroxylation is 14. The molecule has 0 aliphatic carbocycles. The minimum absolute atomic E-state index is 0.703. The molecular weight excluding hydrogens is 1610 g/mol. The Kier molecular flexibility index (Phi) is 22.9. The third kappa shape index (κ3) is 16.1. The second kappa shape index (κ2) is 35.4. The fourth-order valence-corrected chi connectivity index (χ4v) is 24.0. The van der Waals surface area contributed by atoms with Crippen LogP contribution in [0.15, 0.2) is 376 Å². The summed E-state index contributed by atoms with van der Waals surface area (Å²) in [5.74, 6) is 1.76. The third-order valence-corrected chi connectivity index (χ3v) is 29.9. The van der Waals surface area contributed by atoms with E-state index in [4.69, 9.17) is 17.7 Å². The van der Waals surface area contributed by atoms with Crippen LogP contribution in [0, 0.1) is 83.1 Å². The molecule has 0 spiro atoms. The van der Waals surface area contributed by atoms with Crippen LogP contribution in [0.4, 0.5) is 0 Å². The topological polar surface area (TPSA) is 119 Å². The van der Waals surface area contributed by atoms with Crippen molar-refractivity contribution < 1.29 is 17.7 Å². The summed E-state index contributed by atoms with van der Waals surface area (Å²) in [5.41, 5.74) is 32.1. The average molecular weight is 1710 g/mol. The molecule has 1 aliphatic heterocycles. The van der Waals surface area contributed by atoms with Crippen molar-refractivity contribution in [1.29, 1.82) is 0 Å². The number of benzene rings is 16. The molecule has 130 heavy (non-hydrogen) atoms. The quantitative estimate of drug-likeness (QED) is 0.156. The van der Waals surface area contributed by atoms with E-state index in [1.54, 1.807) is 6.20 Å². The molecule has 0 bridgehead atoms. The number of hydrogen-bond donors (Lipinski definition) is 0. The molecule has 0 amide bonds. The number of nitrogens with zero attached hydrogens (tertiary/aromatic N) is 7. The number of aromatic nitrogens is 7. The second-order valence-corrected chi connectivity index (χ2v) is 38.3. The Hall–Kier alpha value is -15.5. The van der Waals surface area contributed by atoms with Crippen LogP contribution in [-0.4, -0.2) is 41.9 Å². The maximum atomic E-state index is 6.01. The lowest BCUT2D eigenvalue weighted by atomic mass is 10.00. The molecule has 0 saturated carbocycles. The molecule has 1 aliphatic rings. The van der Waals surface area contributed by atoms with Crippen LogP contribution in [-0.2, 0) is 14.1 Å². The number of furan rings is 4. The molecule has 11 nitrogen and oxygen atoms in total. The zero-order valence-corrected chi connectivity index (χ0v) is 76.8. The van der Waals surface area contributed by atoms with E-state index in [0.717, 1.165) is 78.2 Å². The van der Waals surface area contributed by atoms with Crippen molar-refractivity contribution in [3.05, 3.63) is 426 Å². The molecule has 9 heterocycles. The van der Waals surface area contributed by atoms with E-state index in [-0.39, 0.29) is 0 Å². The summed E-state index contributed by atoms with van der Waals surface area (Å²) in [6, 6.07) is 123. The Morgan fingerprint density at radius 2 is 0.708 bits per heavy atom.